The Hall–Kier alpha value is -1.98. The monoisotopic (exact) mass is 411 g/mol. The summed E-state index contributed by atoms with van der Waals surface area (Å²) in [6, 6.07) is 17.4. The summed E-state index contributed by atoms with van der Waals surface area (Å²) in [4.78, 5) is 3.54. The van der Waals surface area contributed by atoms with Crippen molar-refractivity contribution >= 4 is 45.7 Å². The molecular formula is C23H29N3S2. The minimum absolute atomic E-state index is 0.354. The second kappa shape index (κ2) is 9.48. The maximum absolute atomic E-state index is 5.84. The van der Waals surface area contributed by atoms with Gasteiger partial charge in [-0.1, -0.05) is 31.2 Å². The van der Waals surface area contributed by atoms with Crippen LogP contribution in [-0.2, 0) is 13.1 Å². The molecule has 3 nitrogen and oxygen atoms in total. The zero-order chi connectivity index (χ0) is 20.1. The molecule has 1 N–H and O–H groups in total. The fourth-order valence-corrected chi connectivity index (χ4v) is 4.26. The van der Waals surface area contributed by atoms with E-state index < -0.39 is 0 Å². The number of thiocarbonyl (C=S) groups is 1. The highest BCUT2D eigenvalue weighted by molar-refractivity contribution is 7.98. The predicted molar refractivity (Wildman–Crippen MR) is 127 cm³/mol. The highest BCUT2D eigenvalue weighted by Crippen LogP contribution is 2.25. The topological polar surface area (TPSA) is 20.2 Å². The highest BCUT2D eigenvalue weighted by atomic mass is 32.2. The predicted octanol–water partition coefficient (Wildman–Crippen LogP) is 6.38. The van der Waals surface area contributed by atoms with E-state index in [2.05, 4.69) is 96.5 Å². The van der Waals surface area contributed by atoms with Crippen molar-refractivity contribution in [1.82, 2.24) is 9.47 Å². The lowest BCUT2D eigenvalue weighted by Crippen LogP contribution is -2.40. The van der Waals surface area contributed by atoms with Gasteiger partial charge in [0.25, 0.3) is 0 Å². The molecule has 0 amide bonds. The van der Waals surface area contributed by atoms with E-state index in [1.165, 1.54) is 21.4 Å². The summed E-state index contributed by atoms with van der Waals surface area (Å²) in [6.07, 6.45) is 5.41. The molecule has 0 saturated carbocycles. The number of hydrogen-bond donors (Lipinski definition) is 1. The Morgan fingerprint density at radius 1 is 1.18 bits per heavy atom. The van der Waals surface area contributed by atoms with Crippen molar-refractivity contribution in [2.24, 2.45) is 0 Å². The highest BCUT2D eigenvalue weighted by Gasteiger charge is 2.19. The van der Waals surface area contributed by atoms with Crippen molar-refractivity contribution in [3.63, 3.8) is 0 Å². The van der Waals surface area contributed by atoms with Gasteiger partial charge < -0.3 is 14.8 Å². The zero-order valence-corrected chi connectivity index (χ0v) is 18.7. The number of para-hydroxylation sites is 1. The number of nitrogens with zero attached hydrogens (tertiary/aromatic N) is 2. The van der Waals surface area contributed by atoms with Gasteiger partial charge in [0, 0.05) is 46.8 Å². The molecule has 0 aliphatic heterocycles. The van der Waals surface area contributed by atoms with Gasteiger partial charge in [-0.05, 0) is 68.6 Å². The molecule has 3 aromatic rings. The van der Waals surface area contributed by atoms with E-state index in [-0.39, 0.29) is 0 Å². The molecule has 1 unspecified atom stereocenters. The molecule has 0 fully saturated rings. The van der Waals surface area contributed by atoms with Crippen LogP contribution in [0.5, 0.6) is 0 Å². The number of nitrogens with one attached hydrogen (secondary N) is 1. The Labute approximate surface area is 178 Å². The molecule has 0 saturated heterocycles. The van der Waals surface area contributed by atoms with E-state index in [9.17, 15) is 0 Å². The minimum atomic E-state index is 0.354. The van der Waals surface area contributed by atoms with Gasteiger partial charge in [-0.2, -0.15) is 0 Å². The Bertz CT molecular complexity index is 948. The number of anilines is 1. The molecule has 0 spiro atoms. The average molecular weight is 412 g/mol. The van der Waals surface area contributed by atoms with Crippen molar-refractivity contribution < 1.29 is 0 Å². The van der Waals surface area contributed by atoms with Gasteiger partial charge in [0.15, 0.2) is 5.11 Å². The summed E-state index contributed by atoms with van der Waals surface area (Å²) in [5.41, 5.74) is 3.65. The number of benzene rings is 2. The summed E-state index contributed by atoms with van der Waals surface area (Å²) in [7, 11) is 0. The molecule has 0 aliphatic carbocycles. The first kappa shape index (κ1) is 20.7. The molecule has 5 heteroatoms. The zero-order valence-electron chi connectivity index (χ0n) is 17.1. The van der Waals surface area contributed by atoms with E-state index in [1.807, 2.05) is 0 Å². The fraction of sp³-hybridized carbons (Fsp3) is 0.348. The van der Waals surface area contributed by atoms with Crippen LogP contribution in [0.1, 0.15) is 32.8 Å². The average Bonchev–Trinajstić information content (AvgIpc) is 3.09. The van der Waals surface area contributed by atoms with Gasteiger partial charge in [-0.25, -0.2) is 0 Å². The van der Waals surface area contributed by atoms with Crippen LogP contribution in [0.3, 0.4) is 0 Å². The summed E-state index contributed by atoms with van der Waals surface area (Å²) < 4.78 is 2.32. The van der Waals surface area contributed by atoms with Crippen LogP contribution in [0, 0.1) is 0 Å². The molecule has 1 atom stereocenters. The normalized spacial score (nSPS) is 12.1. The lowest BCUT2D eigenvalue weighted by Gasteiger charge is -2.31. The quantitative estimate of drug-likeness (QED) is 0.359. The fourth-order valence-electron chi connectivity index (χ4n) is 3.44. The van der Waals surface area contributed by atoms with Crippen molar-refractivity contribution in [3.8, 4) is 0 Å². The smallest absolute Gasteiger partial charge is 0.173 e. The van der Waals surface area contributed by atoms with Gasteiger partial charge in [0.2, 0.25) is 0 Å². The Morgan fingerprint density at radius 3 is 2.68 bits per heavy atom. The second-order valence-corrected chi connectivity index (χ2v) is 8.27. The van der Waals surface area contributed by atoms with Gasteiger partial charge in [0.05, 0.1) is 0 Å². The van der Waals surface area contributed by atoms with Crippen molar-refractivity contribution in [2.45, 2.75) is 51.2 Å². The van der Waals surface area contributed by atoms with E-state index >= 15 is 0 Å². The third-order valence-corrected chi connectivity index (χ3v) is 6.32. The number of aryl methyl sites for hydroxylation is 1. The lowest BCUT2D eigenvalue weighted by atomic mass is 10.1. The van der Waals surface area contributed by atoms with Crippen molar-refractivity contribution in [3.05, 3.63) is 60.3 Å². The number of aromatic nitrogens is 1. The van der Waals surface area contributed by atoms with Gasteiger partial charge in [-0.15, -0.1) is 11.8 Å². The van der Waals surface area contributed by atoms with Crippen LogP contribution in [-0.4, -0.2) is 26.9 Å². The maximum Gasteiger partial charge on any atom is 0.173 e. The summed E-state index contributed by atoms with van der Waals surface area (Å²) in [5.74, 6) is 0. The molecule has 148 valence electrons. The molecule has 0 radical (unpaired) electrons. The Balaban J connectivity index is 1.87. The van der Waals surface area contributed by atoms with Crippen LogP contribution < -0.4 is 5.32 Å². The van der Waals surface area contributed by atoms with Crippen LogP contribution in [0.4, 0.5) is 5.69 Å². The number of hydrogen-bond acceptors (Lipinski definition) is 2. The van der Waals surface area contributed by atoms with Gasteiger partial charge >= 0.3 is 0 Å². The summed E-state index contributed by atoms with van der Waals surface area (Å²) in [5, 5.41) is 5.55. The first-order chi connectivity index (χ1) is 13.6. The van der Waals surface area contributed by atoms with E-state index in [1.54, 1.807) is 11.8 Å². The first-order valence-electron chi connectivity index (χ1n) is 9.85. The molecular weight excluding hydrogens is 382 g/mol. The molecule has 3 rings (SSSR count). The lowest BCUT2D eigenvalue weighted by molar-refractivity contribution is 0.320. The molecule has 1 aromatic heterocycles. The number of thioether (sulfide) groups is 1. The van der Waals surface area contributed by atoms with Crippen LogP contribution >= 0.6 is 24.0 Å². The Morgan fingerprint density at radius 2 is 1.96 bits per heavy atom. The molecule has 1 heterocycles. The summed E-state index contributed by atoms with van der Waals surface area (Å²) >= 11 is 7.58. The van der Waals surface area contributed by atoms with E-state index in [4.69, 9.17) is 12.2 Å². The first-order valence-corrected chi connectivity index (χ1v) is 11.5. The standard InChI is InChI=1S/C23H29N3S2/c1-5-17(3)26(23(27)24-19-10-9-11-20(14-19)28-4)16-18-15-25(6-2)22-13-8-7-12-21(18)22/h7-15,17H,5-6,16H2,1-4H3,(H,24,27). The summed E-state index contributed by atoms with van der Waals surface area (Å²) in [6.45, 7) is 8.41. The van der Waals surface area contributed by atoms with Crippen LogP contribution in [0.2, 0.25) is 0 Å². The van der Waals surface area contributed by atoms with E-state index in [0.29, 0.717) is 6.04 Å². The van der Waals surface area contributed by atoms with Gasteiger partial charge in [0.1, 0.15) is 0 Å². The van der Waals surface area contributed by atoms with Crippen LogP contribution in [0.15, 0.2) is 59.6 Å². The van der Waals surface area contributed by atoms with E-state index in [0.717, 1.165) is 30.3 Å². The van der Waals surface area contributed by atoms with Crippen molar-refractivity contribution in [2.75, 3.05) is 11.6 Å². The number of fused-ring (bicyclic) bond motifs is 1. The van der Waals surface area contributed by atoms with Crippen molar-refractivity contribution in [1.29, 1.82) is 0 Å². The van der Waals surface area contributed by atoms with Gasteiger partial charge in [-0.3, -0.25) is 0 Å². The second-order valence-electron chi connectivity index (χ2n) is 7.00. The molecule has 0 bridgehead atoms. The Kier molecular flexibility index (Phi) is 7.03. The third-order valence-electron chi connectivity index (χ3n) is 5.26. The number of rotatable bonds is 7. The molecule has 2 aromatic carbocycles. The minimum Gasteiger partial charge on any atom is -0.347 e. The largest absolute Gasteiger partial charge is 0.347 e. The van der Waals surface area contributed by atoms with Crippen LogP contribution in [0.25, 0.3) is 10.9 Å². The molecule has 0 aliphatic rings. The third kappa shape index (κ3) is 4.53. The maximum atomic E-state index is 5.84. The SMILES string of the molecule is CCC(C)N(Cc1cn(CC)c2ccccc12)C(=S)Nc1cccc(SC)c1. The molecule has 28 heavy (non-hydrogen) atoms.